The summed E-state index contributed by atoms with van der Waals surface area (Å²) in [6.07, 6.45) is 0. The molecular formula is C18H21N3O5S. The fourth-order valence-electron chi connectivity index (χ4n) is 3.00. The fraction of sp³-hybridized carbons (Fsp3) is 0.333. The van der Waals surface area contributed by atoms with Crippen LogP contribution in [0.25, 0.3) is 0 Å². The van der Waals surface area contributed by atoms with Crippen LogP contribution in [0.2, 0.25) is 0 Å². The molecule has 27 heavy (non-hydrogen) atoms. The molecule has 0 amide bonds. The van der Waals surface area contributed by atoms with Gasteiger partial charge in [-0.05, 0) is 43.3 Å². The van der Waals surface area contributed by atoms with Gasteiger partial charge in [0.15, 0.2) is 0 Å². The molecule has 2 aromatic rings. The molecule has 1 heterocycles. The average molecular weight is 391 g/mol. The molecule has 0 bridgehead atoms. The van der Waals surface area contributed by atoms with E-state index in [1.165, 1.54) is 16.4 Å². The molecular weight excluding hydrogens is 370 g/mol. The third kappa shape index (κ3) is 4.20. The molecule has 0 saturated carbocycles. The maximum Gasteiger partial charge on any atom is 0.269 e. The molecule has 1 fully saturated rings. The molecule has 0 unspecified atom stereocenters. The summed E-state index contributed by atoms with van der Waals surface area (Å²) in [5.74, 6) is 0.638. The quantitative estimate of drug-likeness (QED) is 0.555. The first-order chi connectivity index (χ1) is 12.9. The van der Waals surface area contributed by atoms with E-state index in [0.717, 1.165) is 5.69 Å². The van der Waals surface area contributed by atoms with E-state index < -0.39 is 14.9 Å². The number of nitro benzene ring substituents is 1. The molecule has 8 nitrogen and oxygen atoms in total. The number of ether oxygens (including phenoxy) is 1. The van der Waals surface area contributed by atoms with Crippen LogP contribution in [0, 0.1) is 10.1 Å². The summed E-state index contributed by atoms with van der Waals surface area (Å²) >= 11 is 0. The minimum Gasteiger partial charge on any atom is -0.494 e. The Bertz CT molecular complexity index is 890. The van der Waals surface area contributed by atoms with Crippen molar-refractivity contribution >= 4 is 21.4 Å². The van der Waals surface area contributed by atoms with Crippen molar-refractivity contribution < 1.29 is 18.1 Å². The van der Waals surface area contributed by atoms with Crippen LogP contribution in [0.4, 0.5) is 11.4 Å². The number of rotatable bonds is 6. The topological polar surface area (TPSA) is 93.0 Å². The highest BCUT2D eigenvalue weighted by Gasteiger charge is 2.28. The van der Waals surface area contributed by atoms with Gasteiger partial charge in [-0.25, -0.2) is 8.42 Å². The SMILES string of the molecule is CCOc1ccc(S(=O)(=O)N2CCN(c3ccc([N+](=O)[O-])cc3)CC2)cc1. The van der Waals surface area contributed by atoms with Crippen LogP contribution in [0.1, 0.15) is 6.92 Å². The Morgan fingerprint density at radius 1 is 1.00 bits per heavy atom. The van der Waals surface area contributed by atoms with E-state index in [9.17, 15) is 18.5 Å². The molecule has 1 saturated heterocycles. The molecule has 3 rings (SSSR count). The Labute approximate surface area is 158 Å². The van der Waals surface area contributed by atoms with Crippen molar-refractivity contribution in [2.75, 3.05) is 37.7 Å². The van der Waals surface area contributed by atoms with Gasteiger partial charge in [0, 0.05) is 44.0 Å². The minimum absolute atomic E-state index is 0.0375. The van der Waals surface area contributed by atoms with Crippen molar-refractivity contribution in [2.45, 2.75) is 11.8 Å². The van der Waals surface area contributed by atoms with Gasteiger partial charge >= 0.3 is 0 Å². The molecule has 144 valence electrons. The highest BCUT2D eigenvalue weighted by atomic mass is 32.2. The average Bonchev–Trinajstić information content (AvgIpc) is 2.69. The first kappa shape index (κ1) is 19.1. The van der Waals surface area contributed by atoms with Crippen LogP contribution < -0.4 is 9.64 Å². The molecule has 0 spiro atoms. The van der Waals surface area contributed by atoms with Crippen molar-refractivity contribution in [2.24, 2.45) is 0 Å². The van der Waals surface area contributed by atoms with E-state index in [2.05, 4.69) is 0 Å². The lowest BCUT2D eigenvalue weighted by Gasteiger charge is -2.35. The van der Waals surface area contributed by atoms with E-state index >= 15 is 0 Å². The Kier molecular flexibility index (Phi) is 5.62. The van der Waals surface area contributed by atoms with Crippen molar-refractivity contribution in [1.82, 2.24) is 4.31 Å². The van der Waals surface area contributed by atoms with Gasteiger partial charge in [-0.2, -0.15) is 4.31 Å². The second-order valence-corrected chi connectivity index (χ2v) is 8.01. The molecule has 0 atom stereocenters. The minimum atomic E-state index is -3.56. The number of nitrogens with zero attached hydrogens (tertiary/aromatic N) is 3. The maximum absolute atomic E-state index is 12.8. The van der Waals surface area contributed by atoms with Crippen molar-refractivity contribution in [3.05, 3.63) is 58.6 Å². The van der Waals surface area contributed by atoms with E-state index in [1.54, 1.807) is 36.4 Å². The monoisotopic (exact) mass is 391 g/mol. The van der Waals surface area contributed by atoms with E-state index in [-0.39, 0.29) is 10.6 Å². The smallest absolute Gasteiger partial charge is 0.269 e. The Morgan fingerprint density at radius 3 is 2.11 bits per heavy atom. The first-order valence-electron chi connectivity index (χ1n) is 8.64. The Balaban J connectivity index is 1.66. The standard InChI is InChI=1S/C18H21N3O5S/c1-2-26-17-7-9-18(10-8-17)27(24,25)20-13-11-19(12-14-20)15-3-5-16(6-4-15)21(22)23/h3-10H,2,11-14H2,1H3. The highest BCUT2D eigenvalue weighted by molar-refractivity contribution is 7.89. The maximum atomic E-state index is 12.8. The zero-order chi connectivity index (χ0) is 19.4. The van der Waals surface area contributed by atoms with Crippen LogP contribution in [-0.4, -0.2) is 50.4 Å². The summed E-state index contributed by atoms with van der Waals surface area (Å²) in [7, 11) is -3.56. The van der Waals surface area contributed by atoms with E-state index in [0.29, 0.717) is 38.5 Å². The number of nitro groups is 1. The first-order valence-corrected chi connectivity index (χ1v) is 10.1. The lowest BCUT2D eigenvalue weighted by Crippen LogP contribution is -2.48. The van der Waals surface area contributed by atoms with Gasteiger partial charge < -0.3 is 9.64 Å². The molecule has 1 aliphatic rings. The van der Waals surface area contributed by atoms with Gasteiger partial charge in [0.05, 0.1) is 16.4 Å². The predicted octanol–water partition coefficient (Wildman–Crippen LogP) is 2.50. The number of benzene rings is 2. The Morgan fingerprint density at radius 2 is 1.59 bits per heavy atom. The molecule has 0 aromatic heterocycles. The third-order valence-electron chi connectivity index (χ3n) is 4.44. The second kappa shape index (κ2) is 7.93. The number of non-ortho nitro benzene ring substituents is 1. The largest absolute Gasteiger partial charge is 0.494 e. The van der Waals surface area contributed by atoms with Crippen LogP contribution in [0.5, 0.6) is 5.75 Å². The van der Waals surface area contributed by atoms with Gasteiger partial charge in [-0.15, -0.1) is 0 Å². The lowest BCUT2D eigenvalue weighted by atomic mass is 10.2. The number of sulfonamides is 1. The fourth-order valence-corrected chi connectivity index (χ4v) is 4.42. The summed E-state index contributed by atoms with van der Waals surface area (Å²) in [6, 6.07) is 12.7. The molecule has 9 heteroatoms. The van der Waals surface area contributed by atoms with Crippen molar-refractivity contribution in [3.63, 3.8) is 0 Å². The van der Waals surface area contributed by atoms with Gasteiger partial charge in [-0.3, -0.25) is 10.1 Å². The summed E-state index contributed by atoms with van der Waals surface area (Å²) in [5.41, 5.74) is 0.883. The van der Waals surface area contributed by atoms with Crippen LogP contribution >= 0.6 is 0 Å². The number of anilines is 1. The lowest BCUT2D eigenvalue weighted by molar-refractivity contribution is -0.384. The molecule has 0 radical (unpaired) electrons. The molecule has 1 aliphatic heterocycles. The normalized spacial score (nSPS) is 15.5. The Hall–Kier alpha value is -2.65. The van der Waals surface area contributed by atoms with Gasteiger partial charge in [-0.1, -0.05) is 0 Å². The van der Waals surface area contributed by atoms with Gasteiger partial charge in [0.2, 0.25) is 10.0 Å². The number of hydrogen-bond donors (Lipinski definition) is 0. The summed E-state index contributed by atoms with van der Waals surface area (Å²) in [5, 5.41) is 10.7. The molecule has 0 N–H and O–H groups in total. The molecule has 0 aliphatic carbocycles. The summed E-state index contributed by atoms with van der Waals surface area (Å²) in [6.45, 7) is 4.15. The van der Waals surface area contributed by atoms with Gasteiger partial charge in [0.1, 0.15) is 5.75 Å². The number of hydrogen-bond acceptors (Lipinski definition) is 6. The van der Waals surface area contributed by atoms with Crippen LogP contribution in [0.3, 0.4) is 0 Å². The zero-order valence-corrected chi connectivity index (χ0v) is 15.8. The van der Waals surface area contributed by atoms with Crippen molar-refractivity contribution in [3.8, 4) is 5.75 Å². The van der Waals surface area contributed by atoms with Crippen molar-refractivity contribution in [1.29, 1.82) is 0 Å². The van der Waals surface area contributed by atoms with Crippen LogP contribution in [-0.2, 0) is 10.0 Å². The van der Waals surface area contributed by atoms with Gasteiger partial charge in [0.25, 0.3) is 5.69 Å². The highest BCUT2D eigenvalue weighted by Crippen LogP contribution is 2.24. The summed E-state index contributed by atoms with van der Waals surface area (Å²) in [4.78, 5) is 12.6. The zero-order valence-electron chi connectivity index (χ0n) is 14.9. The second-order valence-electron chi connectivity index (χ2n) is 6.07. The molecule has 2 aromatic carbocycles. The number of piperazine rings is 1. The summed E-state index contributed by atoms with van der Waals surface area (Å²) < 4.78 is 32.4. The van der Waals surface area contributed by atoms with E-state index in [1.807, 2.05) is 11.8 Å². The predicted molar refractivity (Wildman–Crippen MR) is 102 cm³/mol. The van der Waals surface area contributed by atoms with E-state index in [4.69, 9.17) is 4.74 Å². The van der Waals surface area contributed by atoms with Crippen LogP contribution in [0.15, 0.2) is 53.4 Å². The third-order valence-corrected chi connectivity index (χ3v) is 6.35.